The van der Waals surface area contributed by atoms with Crippen molar-refractivity contribution >= 4 is 22.3 Å². The fourth-order valence-corrected chi connectivity index (χ4v) is 4.01. The summed E-state index contributed by atoms with van der Waals surface area (Å²) < 4.78 is 5.54. The molecule has 0 amide bonds. The average Bonchev–Trinajstić information content (AvgIpc) is 3.42. The number of ether oxygens (including phenoxy) is 1. The number of rotatable bonds is 5. The van der Waals surface area contributed by atoms with E-state index in [9.17, 15) is 0 Å². The molecule has 0 radical (unpaired) electrons. The molecule has 29 heavy (non-hydrogen) atoms. The van der Waals surface area contributed by atoms with E-state index >= 15 is 0 Å². The third kappa shape index (κ3) is 3.23. The molecule has 4 nitrogen and oxygen atoms in total. The maximum absolute atomic E-state index is 5.54. The van der Waals surface area contributed by atoms with Gasteiger partial charge in [-0.3, -0.25) is 0 Å². The van der Waals surface area contributed by atoms with Crippen molar-refractivity contribution < 1.29 is 4.74 Å². The highest BCUT2D eigenvalue weighted by molar-refractivity contribution is 5.85. The van der Waals surface area contributed by atoms with E-state index in [1.165, 1.54) is 33.3 Å². The quantitative estimate of drug-likeness (QED) is 0.503. The van der Waals surface area contributed by atoms with Gasteiger partial charge in [-0.15, -0.1) is 0 Å². The lowest BCUT2D eigenvalue weighted by molar-refractivity contribution is 0.414. The zero-order valence-corrected chi connectivity index (χ0v) is 16.4. The van der Waals surface area contributed by atoms with Gasteiger partial charge in [-0.2, -0.15) is 0 Å². The van der Waals surface area contributed by atoms with Crippen LogP contribution in [0.15, 0.2) is 85.2 Å². The summed E-state index contributed by atoms with van der Waals surface area (Å²) in [5.41, 5.74) is 7.25. The smallest absolute Gasteiger partial charge is 0.120 e. The van der Waals surface area contributed by atoms with Gasteiger partial charge in [-0.05, 0) is 28.8 Å². The number of benzene rings is 3. The number of hydrogen-bond acceptors (Lipinski definition) is 3. The minimum absolute atomic E-state index is 0.734. The van der Waals surface area contributed by atoms with E-state index in [2.05, 4.69) is 88.3 Å². The Hall–Kier alpha value is -3.66. The average molecular weight is 381 g/mol. The lowest BCUT2D eigenvalue weighted by Crippen LogP contribution is -2.24. The van der Waals surface area contributed by atoms with Gasteiger partial charge in [0.25, 0.3) is 0 Å². The highest BCUT2D eigenvalue weighted by Gasteiger charge is 2.22. The first kappa shape index (κ1) is 17.4. The van der Waals surface area contributed by atoms with E-state index in [0.29, 0.717) is 0 Å². The van der Waals surface area contributed by atoms with Crippen LogP contribution in [0.5, 0.6) is 5.75 Å². The summed E-state index contributed by atoms with van der Waals surface area (Å²) in [6.07, 6.45) is 5.06. The van der Waals surface area contributed by atoms with Crippen LogP contribution in [0.25, 0.3) is 16.6 Å². The van der Waals surface area contributed by atoms with E-state index in [0.717, 1.165) is 24.5 Å². The molecule has 0 aliphatic carbocycles. The Balaban J connectivity index is 1.56. The standard InChI is InChI=1S/C25H23N3O/c1-29-21-12-11-19(13-20-15-27-23-10-6-5-9-22(20)23)24(14-21)28-17-26-16-25(28)18-7-3-2-4-8-18/h2-12,14-16,26-27H,13,17H2,1H3. The predicted molar refractivity (Wildman–Crippen MR) is 119 cm³/mol. The van der Waals surface area contributed by atoms with Crippen molar-refractivity contribution in [2.45, 2.75) is 6.42 Å². The van der Waals surface area contributed by atoms with Gasteiger partial charge in [0.1, 0.15) is 5.75 Å². The molecule has 0 saturated carbocycles. The lowest BCUT2D eigenvalue weighted by Gasteiger charge is -2.25. The van der Waals surface area contributed by atoms with Gasteiger partial charge >= 0.3 is 0 Å². The van der Waals surface area contributed by atoms with Crippen LogP contribution in [0.4, 0.5) is 5.69 Å². The van der Waals surface area contributed by atoms with E-state index in [4.69, 9.17) is 4.74 Å². The number of hydrogen-bond donors (Lipinski definition) is 2. The molecule has 0 fully saturated rings. The van der Waals surface area contributed by atoms with E-state index in [1.807, 2.05) is 12.1 Å². The number of para-hydroxylation sites is 1. The summed E-state index contributed by atoms with van der Waals surface area (Å²) in [5.74, 6) is 0.863. The van der Waals surface area contributed by atoms with Crippen LogP contribution in [0, 0.1) is 0 Å². The van der Waals surface area contributed by atoms with Crippen LogP contribution in [0.3, 0.4) is 0 Å². The zero-order chi connectivity index (χ0) is 19.6. The topological polar surface area (TPSA) is 40.3 Å². The molecule has 3 aromatic carbocycles. The maximum Gasteiger partial charge on any atom is 0.120 e. The number of H-pyrrole nitrogens is 1. The summed E-state index contributed by atoms with van der Waals surface area (Å²) in [4.78, 5) is 5.71. The van der Waals surface area contributed by atoms with E-state index < -0.39 is 0 Å². The molecule has 0 saturated heterocycles. The maximum atomic E-state index is 5.54. The normalized spacial score (nSPS) is 13.4. The summed E-state index contributed by atoms with van der Waals surface area (Å²) in [6.45, 7) is 0.734. The lowest BCUT2D eigenvalue weighted by atomic mass is 10.0. The van der Waals surface area contributed by atoms with Crippen molar-refractivity contribution in [2.75, 3.05) is 18.7 Å². The first-order chi connectivity index (χ1) is 14.3. The minimum Gasteiger partial charge on any atom is -0.497 e. The first-order valence-electron chi connectivity index (χ1n) is 9.82. The van der Waals surface area contributed by atoms with Crippen molar-refractivity contribution in [2.24, 2.45) is 0 Å². The Morgan fingerprint density at radius 1 is 0.931 bits per heavy atom. The molecule has 0 bridgehead atoms. The Morgan fingerprint density at radius 3 is 2.62 bits per heavy atom. The number of aromatic amines is 1. The van der Waals surface area contributed by atoms with Crippen molar-refractivity contribution in [3.63, 3.8) is 0 Å². The fourth-order valence-electron chi connectivity index (χ4n) is 4.01. The molecule has 4 heteroatoms. The molecule has 4 aromatic rings. The number of methoxy groups -OCH3 is 1. The largest absolute Gasteiger partial charge is 0.497 e. The van der Waals surface area contributed by atoms with Crippen molar-refractivity contribution in [1.82, 2.24) is 10.3 Å². The first-order valence-corrected chi connectivity index (χ1v) is 9.82. The molecule has 5 rings (SSSR count). The number of fused-ring (bicyclic) bond motifs is 1. The second-order valence-electron chi connectivity index (χ2n) is 7.22. The number of aromatic nitrogens is 1. The van der Waals surface area contributed by atoms with E-state index in [-0.39, 0.29) is 0 Å². The van der Waals surface area contributed by atoms with Crippen molar-refractivity contribution in [1.29, 1.82) is 0 Å². The molecule has 2 heterocycles. The van der Waals surface area contributed by atoms with Crippen LogP contribution in [-0.2, 0) is 6.42 Å². The zero-order valence-electron chi connectivity index (χ0n) is 16.4. The summed E-state index contributed by atoms with van der Waals surface area (Å²) >= 11 is 0. The van der Waals surface area contributed by atoms with Gasteiger partial charge in [-0.25, -0.2) is 0 Å². The molecule has 0 spiro atoms. The van der Waals surface area contributed by atoms with Crippen molar-refractivity contribution in [3.05, 3.63) is 102 Å². The predicted octanol–water partition coefficient (Wildman–Crippen LogP) is 5.13. The molecule has 0 unspecified atom stereocenters. The number of anilines is 1. The van der Waals surface area contributed by atoms with Crippen LogP contribution < -0.4 is 15.0 Å². The van der Waals surface area contributed by atoms with Gasteiger partial charge in [-0.1, -0.05) is 54.6 Å². The summed E-state index contributed by atoms with van der Waals surface area (Å²) in [6, 6.07) is 25.3. The Kier molecular flexibility index (Phi) is 4.45. The van der Waals surface area contributed by atoms with Crippen LogP contribution in [0.1, 0.15) is 16.7 Å². The van der Waals surface area contributed by atoms with Crippen LogP contribution in [-0.4, -0.2) is 18.8 Å². The van der Waals surface area contributed by atoms with Gasteiger partial charge in [0, 0.05) is 35.8 Å². The molecule has 144 valence electrons. The molecular formula is C25H23N3O. The molecule has 2 N–H and O–H groups in total. The molecule has 1 aliphatic heterocycles. The van der Waals surface area contributed by atoms with Gasteiger partial charge < -0.3 is 19.9 Å². The molecule has 1 aliphatic rings. The monoisotopic (exact) mass is 381 g/mol. The van der Waals surface area contributed by atoms with Crippen LogP contribution in [0.2, 0.25) is 0 Å². The SMILES string of the molecule is COc1ccc(Cc2c[nH]c3ccccc23)c(N2CNC=C2c2ccccc2)c1. The minimum atomic E-state index is 0.734. The highest BCUT2D eigenvalue weighted by atomic mass is 16.5. The highest BCUT2D eigenvalue weighted by Crippen LogP contribution is 2.35. The summed E-state index contributed by atoms with van der Waals surface area (Å²) in [7, 11) is 1.72. The number of nitrogens with zero attached hydrogens (tertiary/aromatic N) is 1. The van der Waals surface area contributed by atoms with Gasteiger partial charge in [0.2, 0.25) is 0 Å². The Labute approximate surface area is 170 Å². The van der Waals surface area contributed by atoms with Gasteiger partial charge in [0.05, 0.1) is 25.2 Å². The molecule has 0 atom stereocenters. The third-order valence-corrected chi connectivity index (χ3v) is 5.49. The Morgan fingerprint density at radius 2 is 1.76 bits per heavy atom. The fraction of sp³-hybridized carbons (Fsp3) is 0.120. The second-order valence-corrected chi connectivity index (χ2v) is 7.22. The van der Waals surface area contributed by atoms with Crippen molar-refractivity contribution in [3.8, 4) is 5.75 Å². The summed E-state index contributed by atoms with van der Waals surface area (Å²) in [5, 5.41) is 4.66. The van der Waals surface area contributed by atoms with Crippen LogP contribution >= 0.6 is 0 Å². The van der Waals surface area contributed by atoms with Gasteiger partial charge in [0.15, 0.2) is 0 Å². The van der Waals surface area contributed by atoms with E-state index in [1.54, 1.807) is 7.11 Å². The number of nitrogens with one attached hydrogen (secondary N) is 2. The third-order valence-electron chi connectivity index (χ3n) is 5.49. The molecular weight excluding hydrogens is 358 g/mol. The second kappa shape index (κ2) is 7.40. The Bertz CT molecular complexity index is 1180. The molecule has 1 aromatic heterocycles.